The van der Waals surface area contributed by atoms with Crippen molar-refractivity contribution in [2.75, 3.05) is 18.8 Å². The zero-order valence-electron chi connectivity index (χ0n) is 15.5. The van der Waals surface area contributed by atoms with Gasteiger partial charge in [-0.15, -0.1) is 0 Å². The quantitative estimate of drug-likeness (QED) is 0.558. The number of fused-ring (bicyclic) bond motifs is 1. The molecule has 3 N–H and O–H groups in total. The van der Waals surface area contributed by atoms with Crippen LogP contribution in [-0.2, 0) is 11.3 Å². The second kappa shape index (κ2) is 7.75. The Hall–Kier alpha value is -1.29. The van der Waals surface area contributed by atoms with Crippen molar-refractivity contribution >= 4 is 32.9 Å². The van der Waals surface area contributed by atoms with Crippen molar-refractivity contribution in [3.8, 4) is 0 Å². The standard InChI is InChI=1S/C17H27BrN6O2/c1-17(2,3)26-16(25)23-7-4-11(5-8-23)6-9-24-14-12(22-15(24)18)13(19)20-10-21-14/h10-11,16,25H,4-9H2,1-3H3,(H2,19,20,21). The molecule has 1 aliphatic heterocycles. The highest BCUT2D eigenvalue weighted by Gasteiger charge is 2.27. The third-order valence-electron chi connectivity index (χ3n) is 4.70. The molecular formula is C17H27BrN6O2. The first-order valence-corrected chi connectivity index (χ1v) is 9.76. The second-order valence-corrected chi connectivity index (χ2v) is 8.50. The Bertz CT molecular complexity index is 752. The fourth-order valence-electron chi connectivity index (χ4n) is 3.29. The van der Waals surface area contributed by atoms with E-state index in [4.69, 9.17) is 10.5 Å². The molecule has 0 saturated carbocycles. The molecule has 3 rings (SSSR count). The van der Waals surface area contributed by atoms with Gasteiger partial charge in [-0.25, -0.2) is 15.0 Å². The Morgan fingerprint density at radius 1 is 1.35 bits per heavy atom. The number of aromatic nitrogens is 4. The molecule has 0 amide bonds. The number of hydrogen-bond donors (Lipinski definition) is 2. The number of piperidine rings is 1. The Morgan fingerprint density at radius 2 is 2.04 bits per heavy atom. The topological polar surface area (TPSA) is 102 Å². The number of halogens is 1. The lowest BCUT2D eigenvalue weighted by Gasteiger charge is -2.37. The van der Waals surface area contributed by atoms with E-state index in [0.29, 0.717) is 17.3 Å². The molecule has 2 aromatic rings. The molecule has 8 nitrogen and oxygen atoms in total. The van der Waals surface area contributed by atoms with Gasteiger partial charge in [-0.1, -0.05) is 0 Å². The fourth-order valence-corrected chi connectivity index (χ4v) is 3.81. The van der Waals surface area contributed by atoms with Crippen molar-refractivity contribution in [1.82, 2.24) is 24.4 Å². The number of likely N-dealkylation sites (tertiary alicyclic amines) is 1. The van der Waals surface area contributed by atoms with Gasteiger partial charge in [0.2, 0.25) is 6.41 Å². The average molecular weight is 427 g/mol. The van der Waals surface area contributed by atoms with Crippen LogP contribution < -0.4 is 5.73 Å². The molecule has 0 radical (unpaired) electrons. The summed E-state index contributed by atoms with van der Waals surface area (Å²) in [6, 6.07) is 0. The van der Waals surface area contributed by atoms with Gasteiger partial charge in [0.1, 0.15) is 6.33 Å². The van der Waals surface area contributed by atoms with Gasteiger partial charge in [0, 0.05) is 19.6 Å². The number of rotatable bonds is 5. The van der Waals surface area contributed by atoms with Crippen LogP contribution in [0.4, 0.5) is 5.82 Å². The predicted octanol–water partition coefficient (Wildman–Crippen LogP) is 2.36. The predicted molar refractivity (Wildman–Crippen MR) is 103 cm³/mol. The van der Waals surface area contributed by atoms with Crippen LogP contribution in [0.15, 0.2) is 11.1 Å². The number of anilines is 1. The molecule has 0 bridgehead atoms. The van der Waals surface area contributed by atoms with E-state index in [1.165, 1.54) is 6.33 Å². The summed E-state index contributed by atoms with van der Waals surface area (Å²) in [6.45, 7) is 8.34. The molecule has 144 valence electrons. The van der Waals surface area contributed by atoms with Crippen LogP contribution in [0.5, 0.6) is 0 Å². The molecule has 0 spiro atoms. The van der Waals surface area contributed by atoms with Crippen molar-refractivity contribution in [3.05, 3.63) is 11.1 Å². The molecule has 1 unspecified atom stereocenters. The molecule has 26 heavy (non-hydrogen) atoms. The Labute approximate surface area is 161 Å². The summed E-state index contributed by atoms with van der Waals surface area (Å²) in [5, 5.41) is 10.2. The maximum atomic E-state index is 10.2. The van der Waals surface area contributed by atoms with Crippen LogP contribution >= 0.6 is 15.9 Å². The molecule has 9 heteroatoms. The van der Waals surface area contributed by atoms with E-state index < -0.39 is 6.41 Å². The number of imidazole rings is 1. The number of nitrogens with two attached hydrogens (primary N) is 1. The highest BCUT2D eigenvalue weighted by molar-refractivity contribution is 9.10. The lowest BCUT2D eigenvalue weighted by molar-refractivity contribution is -0.243. The summed E-state index contributed by atoms with van der Waals surface area (Å²) in [7, 11) is 0. The molecule has 0 aromatic carbocycles. The van der Waals surface area contributed by atoms with E-state index in [0.717, 1.165) is 49.3 Å². The molecule has 1 atom stereocenters. The van der Waals surface area contributed by atoms with Crippen molar-refractivity contribution in [2.24, 2.45) is 5.92 Å². The number of nitrogens with zero attached hydrogens (tertiary/aromatic N) is 5. The number of aryl methyl sites for hydroxylation is 1. The van der Waals surface area contributed by atoms with Gasteiger partial charge in [-0.2, -0.15) is 0 Å². The third kappa shape index (κ3) is 4.51. The van der Waals surface area contributed by atoms with E-state index in [9.17, 15) is 5.11 Å². The first-order chi connectivity index (χ1) is 12.2. The first-order valence-electron chi connectivity index (χ1n) is 8.97. The van der Waals surface area contributed by atoms with Gasteiger partial charge in [0.25, 0.3) is 0 Å². The molecule has 3 heterocycles. The molecular weight excluding hydrogens is 400 g/mol. The van der Waals surface area contributed by atoms with Gasteiger partial charge in [0.05, 0.1) is 5.60 Å². The summed E-state index contributed by atoms with van der Waals surface area (Å²) in [4.78, 5) is 14.7. The summed E-state index contributed by atoms with van der Waals surface area (Å²) >= 11 is 3.50. The average Bonchev–Trinajstić information content (AvgIpc) is 2.89. The van der Waals surface area contributed by atoms with Crippen LogP contribution in [0, 0.1) is 5.92 Å². The lowest BCUT2D eigenvalue weighted by atomic mass is 9.93. The van der Waals surface area contributed by atoms with Crippen LogP contribution in [0.2, 0.25) is 0 Å². The summed E-state index contributed by atoms with van der Waals surface area (Å²) in [5.74, 6) is 0.993. The molecule has 2 aromatic heterocycles. The van der Waals surface area contributed by atoms with Crippen molar-refractivity contribution < 1.29 is 9.84 Å². The van der Waals surface area contributed by atoms with Crippen molar-refractivity contribution in [2.45, 2.75) is 58.6 Å². The van der Waals surface area contributed by atoms with Crippen LogP contribution in [0.1, 0.15) is 40.0 Å². The fraction of sp³-hybridized carbons (Fsp3) is 0.706. The minimum absolute atomic E-state index is 0.352. The van der Waals surface area contributed by atoms with Crippen molar-refractivity contribution in [3.63, 3.8) is 0 Å². The van der Waals surface area contributed by atoms with Gasteiger partial charge in [-0.3, -0.25) is 4.90 Å². The second-order valence-electron chi connectivity index (χ2n) is 7.79. The summed E-state index contributed by atoms with van der Waals surface area (Å²) in [6.07, 6.45) is 3.73. The largest absolute Gasteiger partial charge is 0.382 e. The van der Waals surface area contributed by atoms with E-state index in [2.05, 4.69) is 30.9 Å². The Balaban J connectivity index is 1.55. The van der Waals surface area contributed by atoms with Crippen LogP contribution in [0.3, 0.4) is 0 Å². The zero-order valence-corrected chi connectivity index (χ0v) is 17.1. The molecule has 0 aliphatic carbocycles. The van der Waals surface area contributed by atoms with Crippen LogP contribution in [-0.4, -0.2) is 54.6 Å². The Kier molecular flexibility index (Phi) is 5.81. The monoisotopic (exact) mass is 426 g/mol. The maximum absolute atomic E-state index is 10.2. The van der Waals surface area contributed by atoms with E-state index >= 15 is 0 Å². The van der Waals surface area contributed by atoms with Gasteiger partial charge in [-0.05, 0) is 61.9 Å². The van der Waals surface area contributed by atoms with E-state index in [1.807, 2.05) is 30.2 Å². The SMILES string of the molecule is CC(C)(C)OC(O)N1CCC(CCn2c(Br)nc3c(N)ncnc32)CC1. The third-order valence-corrected chi connectivity index (χ3v) is 5.30. The summed E-state index contributed by atoms with van der Waals surface area (Å²) in [5.41, 5.74) is 6.92. The van der Waals surface area contributed by atoms with Gasteiger partial charge >= 0.3 is 0 Å². The summed E-state index contributed by atoms with van der Waals surface area (Å²) < 4.78 is 8.41. The number of ether oxygens (including phenoxy) is 1. The highest BCUT2D eigenvalue weighted by Crippen LogP contribution is 2.26. The van der Waals surface area contributed by atoms with E-state index in [-0.39, 0.29) is 5.60 Å². The molecule has 1 fully saturated rings. The van der Waals surface area contributed by atoms with E-state index in [1.54, 1.807) is 0 Å². The minimum Gasteiger partial charge on any atom is -0.382 e. The number of nitrogen functional groups attached to an aromatic ring is 1. The smallest absolute Gasteiger partial charge is 0.216 e. The normalized spacial score (nSPS) is 18.5. The molecule has 1 saturated heterocycles. The lowest BCUT2D eigenvalue weighted by Crippen LogP contribution is -2.45. The molecule has 1 aliphatic rings. The first kappa shape index (κ1) is 19.5. The van der Waals surface area contributed by atoms with Gasteiger partial charge in [0.15, 0.2) is 21.7 Å². The van der Waals surface area contributed by atoms with Crippen molar-refractivity contribution in [1.29, 1.82) is 0 Å². The zero-order chi connectivity index (χ0) is 18.9. The highest BCUT2D eigenvalue weighted by atomic mass is 79.9. The number of aliphatic hydroxyl groups excluding tert-OH is 1. The van der Waals surface area contributed by atoms with Gasteiger partial charge < -0.3 is 20.1 Å². The Morgan fingerprint density at radius 3 is 2.69 bits per heavy atom. The van der Waals surface area contributed by atoms with Crippen LogP contribution in [0.25, 0.3) is 11.2 Å². The maximum Gasteiger partial charge on any atom is 0.216 e. The number of hydrogen-bond acceptors (Lipinski definition) is 7. The number of aliphatic hydroxyl groups is 1. The minimum atomic E-state index is -0.831.